The predicted molar refractivity (Wildman–Crippen MR) is 89.7 cm³/mol. The lowest BCUT2D eigenvalue weighted by molar-refractivity contribution is -0.682. The molecule has 0 radical (unpaired) electrons. The van der Waals surface area contributed by atoms with Gasteiger partial charge in [0, 0.05) is 10.6 Å². The lowest BCUT2D eigenvalue weighted by atomic mass is 10.1. The third-order valence-electron chi connectivity index (χ3n) is 3.73. The molecule has 3 nitrogen and oxygen atoms in total. The molecule has 4 heteroatoms. The first-order chi connectivity index (χ1) is 10.6. The van der Waals surface area contributed by atoms with Crippen LogP contribution in [0.25, 0.3) is 0 Å². The van der Waals surface area contributed by atoms with Gasteiger partial charge in [-0.1, -0.05) is 54.1 Å². The second kappa shape index (κ2) is 7.97. The van der Waals surface area contributed by atoms with Gasteiger partial charge in [0.05, 0.1) is 6.04 Å². The van der Waals surface area contributed by atoms with E-state index in [0.717, 1.165) is 16.1 Å². The summed E-state index contributed by atoms with van der Waals surface area (Å²) < 4.78 is 0. The number of carbonyl (C=O) groups is 1. The van der Waals surface area contributed by atoms with Gasteiger partial charge in [-0.2, -0.15) is 0 Å². The van der Waals surface area contributed by atoms with Crippen LogP contribution in [0.5, 0.6) is 0 Å². The predicted octanol–water partition coefficient (Wildman–Crippen LogP) is 2.84. The van der Waals surface area contributed by atoms with Crippen LogP contribution in [0.1, 0.15) is 37.1 Å². The highest BCUT2D eigenvalue weighted by Gasteiger charge is 2.13. The standard InChI is InChI=1S/C18H21ClN2O/c1-13(16-8-10-17(19)11-9-16)20-12-18(22)21-14(2)15-6-4-3-5-7-15/h3-11,13-14,20H,12H2,1-2H3,(H,21,22)/p+1/t13-,14-/m1/s1. The van der Waals surface area contributed by atoms with E-state index in [-0.39, 0.29) is 18.0 Å². The molecule has 0 unspecified atom stereocenters. The number of hydrogen-bond acceptors (Lipinski definition) is 1. The minimum absolute atomic E-state index is 0.0212. The number of benzene rings is 2. The molecule has 0 aliphatic heterocycles. The van der Waals surface area contributed by atoms with E-state index in [1.54, 1.807) is 0 Å². The van der Waals surface area contributed by atoms with E-state index >= 15 is 0 Å². The zero-order valence-electron chi connectivity index (χ0n) is 12.9. The Morgan fingerprint density at radius 3 is 2.32 bits per heavy atom. The van der Waals surface area contributed by atoms with E-state index in [4.69, 9.17) is 11.6 Å². The lowest BCUT2D eigenvalue weighted by Gasteiger charge is -2.15. The number of hydrogen-bond donors (Lipinski definition) is 2. The first-order valence-electron chi connectivity index (χ1n) is 7.49. The highest BCUT2D eigenvalue weighted by Crippen LogP contribution is 2.13. The van der Waals surface area contributed by atoms with Crippen molar-refractivity contribution >= 4 is 17.5 Å². The molecule has 0 fully saturated rings. The summed E-state index contributed by atoms with van der Waals surface area (Å²) in [5.41, 5.74) is 2.27. The first-order valence-corrected chi connectivity index (χ1v) is 7.87. The number of nitrogens with two attached hydrogens (primary N) is 1. The third kappa shape index (κ3) is 4.86. The fraction of sp³-hybridized carbons (Fsp3) is 0.278. The molecule has 0 heterocycles. The lowest BCUT2D eigenvalue weighted by Crippen LogP contribution is -2.87. The minimum Gasteiger partial charge on any atom is -0.345 e. The van der Waals surface area contributed by atoms with Gasteiger partial charge in [-0.3, -0.25) is 4.79 Å². The van der Waals surface area contributed by atoms with Crippen LogP contribution in [-0.4, -0.2) is 12.5 Å². The zero-order chi connectivity index (χ0) is 15.9. The van der Waals surface area contributed by atoms with Crippen molar-refractivity contribution < 1.29 is 10.1 Å². The number of amides is 1. The van der Waals surface area contributed by atoms with Crippen molar-refractivity contribution in [2.45, 2.75) is 25.9 Å². The smallest absolute Gasteiger partial charge is 0.275 e. The molecule has 1 amide bonds. The van der Waals surface area contributed by atoms with Crippen LogP contribution < -0.4 is 10.6 Å². The van der Waals surface area contributed by atoms with E-state index in [9.17, 15) is 4.79 Å². The Bertz CT molecular complexity index is 598. The molecule has 0 spiro atoms. The van der Waals surface area contributed by atoms with Crippen molar-refractivity contribution in [3.05, 3.63) is 70.7 Å². The summed E-state index contributed by atoms with van der Waals surface area (Å²) >= 11 is 5.89. The molecular formula is C18H22ClN2O+. The van der Waals surface area contributed by atoms with Crippen molar-refractivity contribution in [3.8, 4) is 0 Å². The fourth-order valence-electron chi connectivity index (χ4n) is 2.31. The van der Waals surface area contributed by atoms with Crippen LogP contribution in [0, 0.1) is 0 Å². The van der Waals surface area contributed by atoms with Crippen LogP contribution in [-0.2, 0) is 4.79 Å². The van der Waals surface area contributed by atoms with Gasteiger partial charge in [-0.05, 0) is 31.5 Å². The maximum Gasteiger partial charge on any atom is 0.275 e. The normalized spacial score (nSPS) is 13.4. The third-order valence-corrected chi connectivity index (χ3v) is 3.98. The molecule has 0 aromatic heterocycles. The maximum absolute atomic E-state index is 12.1. The molecule has 2 aromatic carbocycles. The van der Waals surface area contributed by atoms with Crippen molar-refractivity contribution in [3.63, 3.8) is 0 Å². The molecule has 0 saturated heterocycles. The van der Waals surface area contributed by atoms with Gasteiger partial charge in [-0.25, -0.2) is 0 Å². The number of nitrogens with one attached hydrogen (secondary N) is 1. The Morgan fingerprint density at radius 1 is 1.05 bits per heavy atom. The summed E-state index contributed by atoms with van der Waals surface area (Å²) in [5.74, 6) is 0.0390. The minimum atomic E-state index is 0.0212. The Labute approximate surface area is 136 Å². The van der Waals surface area contributed by atoms with Crippen LogP contribution >= 0.6 is 11.6 Å². The Hall–Kier alpha value is -1.84. The van der Waals surface area contributed by atoms with Gasteiger partial charge in [0.25, 0.3) is 5.91 Å². The Balaban J connectivity index is 1.81. The van der Waals surface area contributed by atoms with Crippen LogP contribution in [0.4, 0.5) is 0 Å². The average molecular weight is 318 g/mol. The van der Waals surface area contributed by atoms with Gasteiger partial charge in [0.15, 0.2) is 6.54 Å². The molecule has 0 bridgehead atoms. The fourth-order valence-corrected chi connectivity index (χ4v) is 2.44. The largest absolute Gasteiger partial charge is 0.345 e. The highest BCUT2D eigenvalue weighted by molar-refractivity contribution is 6.30. The summed E-state index contributed by atoms with van der Waals surface area (Å²) in [6, 6.07) is 17.9. The second-order valence-electron chi connectivity index (χ2n) is 5.48. The molecule has 22 heavy (non-hydrogen) atoms. The van der Waals surface area contributed by atoms with E-state index in [1.165, 1.54) is 0 Å². The van der Waals surface area contributed by atoms with Crippen LogP contribution in [0.3, 0.4) is 0 Å². The topological polar surface area (TPSA) is 45.7 Å². The molecule has 2 atom stereocenters. The zero-order valence-corrected chi connectivity index (χ0v) is 13.7. The van der Waals surface area contributed by atoms with E-state index in [2.05, 4.69) is 12.2 Å². The SMILES string of the molecule is C[C@@H](NC(=O)C[NH2+][C@H](C)c1ccc(Cl)cc1)c1ccccc1. The Morgan fingerprint density at radius 2 is 1.68 bits per heavy atom. The van der Waals surface area contributed by atoms with Crippen molar-refractivity contribution in [1.82, 2.24) is 5.32 Å². The van der Waals surface area contributed by atoms with Crippen molar-refractivity contribution in [2.24, 2.45) is 0 Å². The van der Waals surface area contributed by atoms with Gasteiger partial charge in [0.2, 0.25) is 0 Å². The highest BCUT2D eigenvalue weighted by atomic mass is 35.5. The van der Waals surface area contributed by atoms with Crippen molar-refractivity contribution in [2.75, 3.05) is 6.54 Å². The summed E-state index contributed by atoms with van der Waals surface area (Å²) in [7, 11) is 0. The summed E-state index contributed by atoms with van der Waals surface area (Å²) in [6.45, 7) is 4.48. The summed E-state index contributed by atoms with van der Waals surface area (Å²) in [5, 5.41) is 5.77. The maximum atomic E-state index is 12.1. The van der Waals surface area contributed by atoms with E-state index in [0.29, 0.717) is 6.54 Å². The number of quaternary nitrogens is 1. The quantitative estimate of drug-likeness (QED) is 0.845. The number of carbonyl (C=O) groups excluding carboxylic acids is 1. The average Bonchev–Trinajstić information content (AvgIpc) is 2.54. The molecule has 0 saturated carbocycles. The summed E-state index contributed by atoms with van der Waals surface area (Å²) in [6.07, 6.45) is 0. The van der Waals surface area contributed by atoms with Gasteiger partial charge >= 0.3 is 0 Å². The van der Waals surface area contributed by atoms with Gasteiger partial charge < -0.3 is 10.6 Å². The second-order valence-corrected chi connectivity index (χ2v) is 5.92. The Kier molecular flexibility index (Phi) is 5.99. The number of rotatable bonds is 6. The van der Waals surface area contributed by atoms with Gasteiger partial charge in [-0.15, -0.1) is 0 Å². The van der Waals surface area contributed by atoms with E-state index < -0.39 is 0 Å². The van der Waals surface area contributed by atoms with Gasteiger partial charge in [0.1, 0.15) is 6.04 Å². The molecular weight excluding hydrogens is 296 g/mol. The first kappa shape index (κ1) is 16.5. The molecule has 0 aliphatic carbocycles. The summed E-state index contributed by atoms with van der Waals surface area (Å²) in [4.78, 5) is 12.1. The number of halogens is 1. The van der Waals surface area contributed by atoms with Crippen LogP contribution in [0.2, 0.25) is 5.02 Å². The monoisotopic (exact) mass is 317 g/mol. The molecule has 2 rings (SSSR count). The van der Waals surface area contributed by atoms with Crippen LogP contribution in [0.15, 0.2) is 54.6 Å². The molecule has 116 valence electrons. The molecule has 0 aliphatic rings. The van der Waals surface area contributed by atoms with E-state index in [1.807, 2.05) is 66.8 Å². The molecule has 3 N–H and O–H groups in total. The molecule has 2 aromatic rings. The van der Waals surface area contributed by atoms with Crippen molar-refractivity contribution in [1.29, 1.82) is 0 Å².